The number of aryl methyl sites for hydroxylation is 1. The van der Waals surface area contributed by atoms with Crippen LogP contribution in [0.15, 0.2) is 83.5 Å². The van der Waals surface area contributed by atoms with Crippen molar-refractivity contribution in [3.8, 4) is 0 Å². The quantitative estimate of drug-likeness (QED) is 0.662. The van der Waals surface area contributed by atoms with Gasteiger partial charge < -0.3 is 5.32 Å². The highest BCUT2D eigenvalue weighted by atomic mass is 32.2. The van der Waals surface area contributed by atoms with Crippen LogP contribution in [0.3, 0.4) is 0 Å². The van der Waals surface area contributed by atoms with Gasteiger partial charge in [-0.25, -0.2) is 12.4 Å². The first-order valence-corrected chi connectivity index (χ1v) is 10.9. The van der Waals surface area contributed by atoms with Crippen molar-refractivity contribution in [2.75, 3.05) is 6.54 Å². The number of aromatic nitrogens is 1. The zero-order chi connectivity index (χ0) is 21.3. The Kier molecular flexibility index (Phi) is 5.13. The largest absolute Gasteiger partial charge is 0.381 e. The molecule has 0 radical (unpaired) electrons. The monoisotopic (exact) mass is 420 g/mol. The number of hydrogen-bond acceptors (Lipinski definition) is 5. The fourth-order valence-electron chi connectivity index (χ4n) is 3.38. The number of carbonyl (C=O) groups excluding carboxylic acids is 2. The van der Waals surface area contributed by atoms with Gasteiger partial charge in [0.2, 0.25) is 5.78 Å². The molecule has 0 amide bonds. The van der Waals surface area contributed by atoms with Gasteiger partial charge in [0, 0.05) is 18.8 Å². The molecule has 0 saturated carbocycles. The fourth-order valence-corrected chi connectivity index (χ4v) is 4.73. The Bertz CT molecular complexity index is 1250. The average molecular weight is 420 g/mol. The Morgan fingerprint density at radius 2 is 1.63 bits per heavy atom. The molecule has 4 rings (SSSR count). The number of ketones is 2. The van der Waals surface area contributed by atoms with Crippen LogP contribution >= 0.6 is 0 Å². The summed E-state index contributed by atoms with van der Waals surface area (Å²) in [6, 6.07) is 17.5. The van der Waals surface area contributed by atoms with E-state index in [-0.39, 0.29) is 21.8 Å². The fraction of sp³-hybridized carbons (Fsp3) is 0.130. The number of nitrogens with zero attached hydrogens (tertiary/aromatic N) is 1. The molecule has 3 aromatic rings. The maximum Gasteiger partial charge on any atom is 0.268 e. The summed E-state index contributed by atoms with van der Waals surface area (Å²) in [5.74, 6) is -0.914. The first-order valence-electron chi connectivity index (χ1n) is 9.50. The minimum absolute atomic E-state index is 0.0555. The van der Waals surface area contributed by atoms with E-state index in [1.165, 1.54) is 30.5 Å². The maximum atomic E-state index is 13.1. The lowest BCUT2D eigenvalue weighted by Crippen LogP contribution is -2.30. The lowest BCUT2D eigenvalue weighted by Gasteiger charge is -2.17. The predicted octanol–water partition coefficient (Wildman–Crippen LogP) is 3.13. The smallest absolute Gasteiger partial charge is 0.268 e. The molecule has 30 heavy (non-hydrogen) atoms. The Morgan fingerprint density at radius 1 is 0.933 bits per heavy atom. The molecule has 2 aromatic carbocycles. The van der Waals surface area contributed by atoms with E-state index in [1.54, 1.807) is 12.1 Å². The van der Waals surface area contributed by atoms with Crippen LogP contribution in [0.2, 0.25) is 0 Å². The standard InChI is InChI=1S/C23H20N2O4S/c1-16-7-9-18(10-8-16)30(28,29)25-14-12-19-21(26)15-20(23(27)22(19)25)24-13-11-17-5-3-2-4-6-17/h2-10,12,14-15,24H,11,13H2,1H3. The SMILES string of the molecule is Cc1ccc(S(=O)(=O)n2ccc3c2C(=O)C(NCCc2ccccc2)=CC3=O)cc1. The van der Waals surface area contributed by atoms with E-state index in [2.05, 4.69) is 5.32 Å². The topological polar surface area (TPSA) is 85.2 Å². The number of Topliss-reactive ketones (excluding diaryl/α,β-unsaturated/α-hetero) is 1. The summed E-state index contributed by atoms with van der Waals surface area (Å²) in [5.41, 5.74) is 2.06. The molecule has 0 fully saturated rings. The summed E-state index contributed by atoms with van der Waals surface area (Å²) < 4.78 is 27.1. The van der Waals surface area contributed by atoms with E-state index in [0.717, 1.165) is 15.1 Å². The first kappa shape index (κ1) is 19.8. The summed E-state index contributed by atoms with van der Waals surface area (Å²) in [7, 11) is -4.01. The van der Waals surface area contributed by atoms with Gasteiger partial charge in [-0.3, -0.25) is 9.59 Å². The number of benzene rings is 2. The van der Waals surface area contributed by atoms with Gasteiger partial charge in [-0.2, -0.15) is 0 Å². The van der Waals surface area contributed by atoms with Crippen LogP contribution in [-0.2, 0) is 16.4 Å². The van der Waals surface area contributed by atoms with Crippen LogP contribution in [0.5, 0.6) is 0 Å². The van der Waals surface area contributed by atoms with Crippen molar-refractivity contribution in [1.29, 1.82) is 0 Å². The van der Waals surface area contributed by atoms with Gasteiger partial charge in [-0.15, -0.1) is 0 Å². The molecule has 1 N–H and O–H groups in total. The summed E-state index contributed by atoms with van der Waals surface area (Å²) >= 11 is 0. The summed E-state index contributed by atoms with van der Waals surface area (Å²) in [6.07, 6.45) is 3.16. The molecule has 1 heterocycles. The second-order valence-corrected chi connectivity index (χ2v) is 8.92. The van der Waals surface area contributed by atoms with Gasteiger partial charge in [0.15, 0.2) is 5.78 Å². The minimum Gasteiger partial charge on any atom is -0.381 e. The molecule has 0 saturated heterocycles. The van der Waals surface area contributed by atoms with E-state index in [9.17, 15) is 18.0 Å². The Balaban J connectivity index is 1.61. The molecule has 0 atom stereocenters. The lowest BCUT2D eigenvalue weighted by molar-refractivity contribution is 0.0974. The minimum atomic E-state index is -4.01. The van der Waals surface area contributed by atoms with Crippen molar-refractivity contribution >= 4 is 21.6 Å². The first-order chi connectivity index (χ1) is 14.4. The van der Waals surface area contributed by atoms with Gasteiger partial charge in [-0.1, -0.05) is 48.0 Å². The van der Waals surface area contributed by atoms with Gasteiger partial charge in [-0.05, 0) is 37.1 Å². The van der Waals surface area contributed by atoms with Crippen molar-refractivity contribution in [2.45, 2.75) is 18.2 Å². The average Bonchev–Trinajstić information content (AvgIpc) is 3.20. The van der Waals surface area contributed by atoms with Gasteiger partial charge >= 0.3 is 0 Å². The number of hydrogen-bond donors (Lipinski definition) is 1. The summed E-state index contributed by atoms with van der Waals surface area (Å²) in [4.78, 5) is 25.6. The molecule has 0 aliphatic heterocycles. The van der Waals surface area contributed by atoms with Gasteiger partial charge in [0.1, 0.15) is 5.69 Å². The Morgan fingerprint density at radius 3 is 2.33 bits per heavy atom. The van der Waals surface area contributed by atoms with Crippen LogP contribution in [0.4, 0.5) is 0 Å². The van der Waals surface area contributed by atoms with E-state index in [4.69, 9.17) is 0 Å². The molecule has 6 nitrogen and oxygen atoms in total. The second-order valence-electron chi connectivity index (χ2n) is 7.11. The molecule has 1 aromatic heterocycles. The van der Waals surface area contributed by atoms with Crippen LogP contribution in [0.25, 0.3) is 0 Å². The molecule has 7 heteroatoms. The number of nitrogens with one attached hydrogen (secondary N) is 1. The third kappa shape index (κ3) is 3.59. The molecule has 1 aliphatic rings. The molecule has 0 bridgehead atoms. The lowest BCUT2D eigenvalue weighted by atomic mass is 9.99. The van der Waals surface area contributed by atoms with Crippen molar-refractivity contribution in [3.05, 3.63) is 101 Å². The number of fused-ring (bicyclic) bond motifs is 1. The third-order valence-electron chi connectivity index (χ3n) is 5.00. The zero-order valence-electron chi connectivity index (χ0n) is 16.3. The Labute approximate surface area is 174 Å². The van der Waals surface area contributed by atoms with Crippen LogP contribution in [0, 0.1) is 6.92 Å². The van der Waals surface area contributed by atoms with Gasteiger partial charge in [0.25, 0.3) is 10.0 Å². The van der Waals surface area contributed by atoms with Crippen molar-refractivity contribution in [1.82, 2.24) is 9.29 Å². The molecular formula is C23H20N2O4S. The van der Waals surface area contributed by atoms with Crippen LogP contribution in [0.1, 0.15) is 32.0 Å². The van der Waals surface area contributed by atoms with Crippen LogP contribution < -0.4 is 5.32 Å². The number of carbonyl (C=O) groups is 2. The third-order valence-corrected chi connectivity index (χ3v) is 6.69. The number of rotatable bonds is 6. The van der Waals surface area contributed by atoms with Crippen molar-refractivity contribution in [2.24, 2.45) is 0 Å². The highest BCUT2D eigenvalue weighted by Gasteiger charge is 2.33. The van der Waals surface area contributed by atoms with Crippen molar-refractivity contribution in [3.63, 3.8) is 0 Å². The molecular weight excluding hydrogens is 400 g/mol. The summed E-state index contributed by atoms with van der Waals surface area (Å²) in [5, 5.41) is 2.99. The summed E-state index contributed by atoms with van der Waals surface area (Å²) in [6.45, 7) is 2.30. The van der Waals surface area contributed by atoms with E-state index in [1.807, 2.05) is 37.3 Å². The van der Waals surface area contributed by atoms with E-state index >= 15 is 0 Å². The Hall–Kier alpha value is -3.45. The predicted molar refractivity (Wildman–Crippen MR) is 113 cm³/mol. The van der Waals surface area contributed by atoms with Crippen molar-refractivity contribution < 1.29 is 18.0 Å². The normalized spacial score (nSPS) is 13.7. The molecule has 1 aliphatic carbocycles. The maximum absolute atomic E-state index is 13.1. The second kappa shape index (κ2) is 7.76. The highest BCUT2D eigenvalue weighted by molar-refractivity contribution is 7.90. The zero-order valence-corrected chi connectivity index (χ0v) is 17.1. The number of allylic oxidation sites excluding steroid dienone is 2. The van der Waals surface area contributed by atoms with Crippen LogP contribution in [-0.4, -0.2) is 30.5 Å². The van der Waals surface area contributed by atoms with E-state index < -0.39 is 21.6 Å². The highest BCUT2D eigenvalue weighted by Crippen LogP contribution is 2.26. The molecule has 0 spiro atoms. The van der Waals surface area contributed by atoms with Gasteiger partial charge in [0.05, 0.1) is 16.2 Å². The molecule has 152 valence electrons. The molecule has 0 unspecified atom stereocenters. The van der Waals surface area contributed by atoms with E-state index in [0.29, 0.717) is 13.0 Å².